The van der Waals surface area contributed by atoms with Crippen molar-refractivity contribution in [1.82, 2.24) is 19.6 Å². The molecule has 0 atom stereocenters. The van der Waals surface area contributed by atoms with E-state index in [9.17, 15) is 4.79 Å². The number of aryl methyl sites for hydroxylation is 2. The summed E-state index contributed by atoms with van der Waals surface area (Å²) in [5, 5.41) is 16.7. The maximum Gasteiger partial charge on any atom is 0.352 e. The summed E-state index contributed by atoms with van der Waals surface area (Å²) < 4.78 is 3.19. The van der Waals surface area contributed by atoms with Crippen LogP contribution in [0.4, 0.5) is 0 Å². The molecule has 0 aliphatic carbocycles. The fourth-order valence-electron chi connectivity index (χ4n) is 1.47. The highest BCUT2D eigenvalue weighted by Gasteiger charge is 2.15. The van der Waals surface area contributed by atoms with Crippen molar-refractivity contribution < 1.29 is 9.90 Å². The van der Waals surface area contributed by atoms with E-state index in [1.807, 2.05) is 6.92 Å². The van der Waals surface area contributed by atoms with Crippen molar-refractivity contribution in [3.63, 3.8) is 0 Å². The monoisotopic (exact) mass is 194 g/mol. The molecule has 0 unspecified atom stereocenters. The number of nitrogens with zero attached hydrogens (tertiary/aromatic N) is 4. The number of aromatic carboxylic acids is 1. The molecule has 0 amide bonds. The molecule has 2 aromatic rings. The summed E-state index contributed by atoms with van der Waals surface area (Å²) >= 11 is 0. The van der Waals surface area contributed by atoms with Crippen molar-refractivity contribution in [3.05, 3.63) is 11.8 Å². The van der Waals surface area contributed by atoms with Crippen LogP contribution in [0, 0.1) is 0 Å². The Hall–Kier alpha value is -1.85. The first-order chi connectivity index (χ1) is 6.65. The highest BCUT2D eigenvalue weighted by Crippen LogP contribution is 2.15. The Balaban J connectivity index is 2.74. The van der Waals surface area contributed by atoms with Crippen molar-refractivity contribution in [2.75, 3.05) is 0 Å². The average molecular weight is 194 g/mol. The molecule has 0 aromatic carbocycles. The zero-order valence-electron chi connectivity index (χ0n) is 7.93. The standard InChI is InChI=1S/C8H10N4O2/c1-3-12-5-4-6(8(13)14)11(2)7(5)9-10-12/h4H,3H2,1-2H3,(H,13,14). The van der Waals surface area contributed by atoms with Gasteiger partial charge >= 0.3 is 5.97 Å². The van der Waals surface area contributed by atoms with E-state index in [1.54, 1.807) is 17.8 Å². The van der Waals surface area contributed by atoms with Gasteiger partial charge in [0, 0.05) is 13.6 Å². The Morgan fingerprint density at radius 2 is 2.36 bits per heavy atom. The van der Waals surface area contributed by atoms with Crippen LogP contribution in [0.25, 0.3) is 11.2 Å². The largest absolute Gasteiger partial charge is 0.477 e. The van der Waals surface area contributed by atoms with E-state index < -0.39 is 5.97 Å². The average Bonchev–Trinajstić information content (AvgIpc) is 2.66. The molecule has 2 heterocycles. The maximum atomic E-state index is 10.8. The first-order valence-corrected chi connectivity index (χ1v) is 4.27. The maximum absolute atomic E-state index is 10.8. The first-order valence-electron chi connectivity index (χ1n) is 4.27. The summed E-state index contributed by atoms with van der Waals surface area (Å²) in [6.45, 7) is 2.61. The van der Waals surface area contributed by atoms with Crippen molar-refractivity contribution >= 4 is 17.1 Å². The molecule has 0 bridgehead atoms. The van der Waals surface area contributed by atoms with Gasteiger partial charge in [0.1, 0.15) is 11.2 Å². The van der Waals surface area contributed by atoms with Crippen LogP contribution in [-0.2, 0) is 13.6 Å². The van der Waals surface area contributed by atoms with Gasteiger partial charge in [0.15, 0.2) is 5.65 Å². The third-order valence-electron chi connectivity index (χ3n) is 2.23. The molecule has 0 radical (unpaired) electrons. The van der Waals surface area contributed by atoms with E-state index in [2.05, 4.69) is 10.3 Å². The molecule has 0 saturated heterocycles. The van der Waals surface area contributed by atoms with Crippen LogP contribution in [-0.4, -0.2) is 30.6 Å². The van der Waals surface area contributed by atoms with Crippen molar-refractivity contribution in [1.29, 1.82) is 0 Å². The van der Waals surface area contributed by atoms with Gasteiger partial charge in [-0.1, -0.05) is 5.21 Å². The van der Waals surface area contributed by atoms with E-state index in [0.717, 1.165) is 5.52 Å². The fourth-order valence-corrected chi connectivity index (χ4v) is 1.47. The predicted molar refractivity (Wildman–Crippen MR) is 49.1 cm³/mol. The molecule has 6 nitrogen and oxygen atoms in total. The minimum absolute atomic E-state index is 0.229. The molecule has 0 spiro atoms. The normalized spacial score (nSPS) is 11.0. The van der Waals surface area contributed by atoms with E-state index >= 15 is 0 Å². The van der Waals surface area contributed by atoms with Crippen LogP contribution in [0.5, 0.6) is 0 Å². The Bertz CT molecular complexity index is 497. The number of carboxylic acids is 1. The third kappa shape index (κ3) is 1.00. The van der Waals surface area contributed by atoms with Crippen molar-refractivity contribution in [2.24, 2.45) is 7.05 Å². The molecule has 1 N–H and O–H groups in total. The number of fused-ring (bicyclic) bond motifs is 1. The molecule has 2 aromatic heterocycles. The van der Waals surface area contributed by atoms with Crippen molar-refractivity contribution in [2.45, 2.75) is 13.5 Å². The van der Waals surface area contributed by atoms with Gasteiger partial charge in [-0.2, -0.15) is 0 Å². The summed E-state index contributed by atoms with van der Waals surface area (Å²) in [6.07, 6.45) is 0. The molecular weight excluding hydrogens is 184 g/mol. The van der Waals surface area contributed by atoms with Gasteiger partial charge in [-0.15, -0.1) is 5.10 Å². The fraction of sp³-hybridized carbons (Fsp3) is 0.375. The number of rotatable bonds is 2. The minimum Gasteiger partial charge on any atom is -0.477 e. The van der Waals surface area contributed by atoms with Crippen LogP contribution in [0.2, 0.25) is 0 Å². The van der Waals surface area contributed by atoms with Crippen molar-refractivity contribution in [3.8, 4) is 0 Å². The van der Waals surface area contributed by atoms with Gasteiger partial charge < -0.3 is 9.67 Å². The Morgan fingerprint density at radius 3 is 2.93 bits per heavy atom. The lowest BCUT2D eigenvalue weighted by Crippen LogP contribution is -2.04. The highest BCUT2D eigenvalue weighted by atomic mass is 16.4. The number of aromatic nitrogens is 4. The topological polar surface area (TPSA) is 72.9 Å². The minimum atomic E-state index is -0.951. The summed E-state index contributed by atoms with van der Waals surface area (Å²) in [4.78, 5) is 10.8. The second-order valence-electron chi connectivity index (χ2n) is 3.01. The van der Waals surface area contributed by atoms with Gasteiger partial charge in [0.05, 0.1) is 0 Å². The van der Waals surface area contributed by atoms with E-state index in [0.29, 0.717) is 12.2 Å². The van der Waals surface area contributed by atoms with Gasteiger partial charge in [-0.05, 0) is 13.0 Å². The third-order valence-corrected chi connectivity index (χ3v) is 2.23. The van der Waals surface area contributed by atoms with Crippen LogP contribution < -0.4 is 0 Å². The number of carboxylic acid groups (broad SMARTS) is 1. The Morgan fingerprint density at radius 1 is 1.64 bits per heavy atom. The molecular formula is C8H10N4O2. The molecule has 0 aliphatic rings. The van der Waals surface area contributed by atoms with Crippen LogP contribution in [0.15, 0.2) is 6.07 Å². The van der Waals surface area contributed by atoms with Crippen LogP contribution in [0.1, 0.15) is 17.4 Å². The quantitative estimate of drug-likeness (QED) is 0.755. The number of carbonyl (C=O) groups is 1. The lowest BCUT2D eigenvalue weighted by molar-refractivity contribution is 0.0687. The summed E-state index contributed by atoms with van der Waals surface area (Å²) in [5.74, 6) is -0.951. The number of hydrogen-bond donors (Lipinski definition) is 1. The molecule has 74 valence electrons. The zero-order chi connectivity index (χ0) is 10.3. The van der Waals surface area contributed by atoms with Crippen LogP contribution in [0.3, 0.4) is 0 Å². The lowest BCUT2D eigenvalue weighted by Gasteiger charge is -1.94. The Kier molecular flexibility index (Phi) is 1.77. The molecule has 0 fully saturated rings. The van der Waals surface area contributed by atoms with Gasteiger partial charge in [0.25, 0.3) is 0 Å². The smallest absolute Gasteiger partial charge is 0.352 e. The second kappa shape index (κ2) is 2.83. The van der Waals surface area contributed by atoms with E-state index in [4.69, 9.17) is 5.11 Å². The number of hydrogen-bond acceptors (Lipinski definition) is 3. The lowest BCUT2D eigenvalue weighted by atomic mass is 10.4. The van der Waals surface area contributed by atoms with E-state index in [-0.39, 0.29) is 5.69 Å². The summed E-state index contributed by atoms with van der Waals surface area (Å²) in [7, 11) is 1.67. The summed E-state index contributed by atoms with van der Waals surface area (Å²) in [6, 6.07) is 1.58. The Labute approximate surface area is 79.7 Å². The molecule has 2 rings (SSSR count). The van der Waals surface area contributed by atoms with E-state index in [1.165, 1.54) is 4.57 Å². The second-order valence-corrected chi connectivity index (χ2v) is 3.01. The first kappa shape index (κ1) is 8.74. The summed E-state index contributed by atoms with van der Waals surface area (Å²) in [5.41, 5.74) is 1.59. The predicted octanol–water partition coefficient (Wildman–Crippen LogP) is 0.488. The SMILES string of the molecule is CCn1nnc2c1cc(C(=O)O)n2C. The molecule has 6 heteroatoms. The van der Waals surface area contributed by atoms with Gasteiger partial charge in [-0.3, -0.25) is 0 Å². The van der Waals surface area contributed by atoms with Gasteiger partial charge in [-0.25, -0.2) is 9.48 Å². The molecule has 14 heavy (non-hydrogen) atoms. The zero-order valence-corrected chi connectivity index (χ0v) is 7.93. The molecule has 0 aliphatic heterocycles. The molecule has 0 saturated carbocycles. The highest BCUT2D eigenvalue weighted by molar-refractivity contribution is 5.92. The van der Waals surface area contributed by atoms with Gasteiger partial charge in [0.2, 0.25) is 0 Å². The van der Waals surface area contributed by atoms with Crippen LogP contribution >= 0.6 is 0 Å².